The van der Waals surface area contributed by atoms with E-state index in [4.69, 9.17) is 17.3 Å². The van der Waals surface area contributed by atoms with Gasteiger partial charge in [-0.15, -0.1) is 0 Å². The van der Waals surface area contributed by atoms with Crippen LogP contribution in [-0.2, 0) is 0 Å². The number of amides is 2. The van der Waals surface area contributed by atoms with Crippen molar-refractivity contribution in [2.24, 2.45) is 5.73 Å². The van der Waals surface area contributed by atoms with Crippen LogP contribution >= 0.6 is 11.6 Å². The number of aromatic amines is 1. The summed E-state index contributed by atoms with van der Waals surface area (Å²) in [6.07, 6.45) is 4.53. The first-order valence-corrected chi connectivity index (χ1v) is 11.9. The van der Waals surface area contributed by atoms with Crippen molar-refractivity contribution in [3.05, 3.63) is 63.9 Å². The molecule has 1 aromatic heterocycles. The number of hydrogen-bond acceptors (Lipinski definition) is 4. The van der Waals surface area contributed by atoms with E-state index in [0.29, 0.717) is 34.9 Å². The summed E-state index contributed by atoms with van der Waals surface area (Å²) in [5, 5.41) is 3.74. The first kappa shape index (κ1) is 23.3. The SMILES string of the molecule is Cc1cc(C(=O)NC(CCCCN)c2nc3ccc(Cl)cc3[nH]2)ccc1C(=O)N1CCCC1. The second-order valence-corrected chi connectivity index (χ2v) is 9.06. The summed E-state index contributed by atoms with van der Waals surface area (Å²) in [5.74, 6) is 0.530. The van der Waals surface area contributed by atoms with Gasteiger partial charge in [0.2, 0.25) is 0 Å². The van der Waals surface area contributed by atoms with Gasteiger partial charge in [0, 0.05) is 29.2 Å². The fourth-order valence-electron chi connectivity index (χ4n) is 4.31. The Morgan fingerprint density at radius 3 is 2.70 bits per heavy atom. The number of rotatable bonds is 8. The number of unbranched alkanes of at least 4 members (excludes halogenated alkanes) is 1. The molecule has 1 saturated heterocycles. The van der Waals surface area contributed by atoms with Crippen molar-refractivity contribution in [1.82, 2.24) is 20.2 Å². The molecule has 1 atom stereocenters. The number of aromatic nitrogens is 2. The number of fused-ring (bicyclic) bond motifs is 1. The summed E-state index contributed by atoms with van der Waals surface area (Å²) in [4.78, 5) is 35.7. The molecule has 7 nitrogen and oxygen atoms in total. The van der Waals surface area contributed by atoms with E-state index in [9.17, 15) is 9.59 Å². The number of likely N-dealkylation sites (tertiary alicyclic amines) is 1. The van der Waals surface area contributed by atoms with E-state index in [1.807, 2.05) is 24.0 Å². The van der Waals surface area contributed by atoms with Crippen molar-refractivity contribution >= 4 is 34.4 Å². The van der Waals surface area contributed by atoms with Gasteiger partial charge in [-0.2, -0.15) is 0 Å². The van der Waals surface area contributed by atoms with Gasteiger partial charge < -0.3 is 20.9 Å². The molecule has 1 fully saturated rings. The zero-order valence-electron chi connectivity index (χ0n) is 18.9. The lowest BCUT2D eigenvalue weighted by atomic mass is 10.0. The minimum Gasteiger partial charge on any atom is -0.342 e. The van der Waals surface area contributed by atoms with Crippen molar-refractivity contribution in [2.45, 2.75) is 45.1 Å². The smallest absolute Gasteiger partial charge is 0.254 e. The zero-order valence-corrected chi connectivity index (χ0v) is 19.6. The molecule has 3 aromatic rings. The molecular weight excluding hydrogens is 438 g/mol. The summed E-state index contributed by atoms with van der Waals surface area (Å²) in [6, 6.07) is 10.5. The maximum Gasteiger partial charge on any atom is 0.254 e. The molecule has 0 spiro atoms. The minimum atomic E-state index is -0.290. The van der Waals surface area contributed by atoms with Crippen molar-refractivity contribution in [1.29, 1.82) is 0 Å². The van der Waals surface area contributed by atoms with Crippen LogP contribution in [0.15, 0.2) is 36.4 Å². The van der Waals surface area contributed by atoms with E-state index in [2.05, 4.69) is 15.3 Å². The molecule has 174 valence electrons. The molecule has 0 saturated carbocycles. The van der Waals surface area contributed by atoms with E-state index in [0.717, 1.165) is 55.4 Å². The monoisotopic (exact) mass is 467 g/mol. The van der Waals surface area contributed by atoms with Crippen LogP contribution in [0.1, 0.15) is 70.2 Å². The van der Waals surface area contributed by atoms with Crippen LogP contribution in [0, 0.1) is 6.92 Å². The highest BCUT2D eigenvalue weighted by atomic mass is 35.5. The number of H-pyrrole nitrogens is 1. The van der Waals surface area contributed by atoms with Gasteiger partial charge in [0.25, 0.3) is 11.8 Å². The highest BCUT2D eigenvalue weighted by Gasteiger charge is 2.23. The number of nitrogens with two attached hydrogens (primary N) is 1. The molecule has 1 unspecified atom stereocenters. The van der Waals surface area contributed by atoms with Gasteiger partial charge >= 0.3 is 0 Å². The molecule has 1 aliphatic heterocycles. The van der Waals surface area contributed by atoms with E-state index >= 15 is 0 Å². The van der Waals surface area contributed by atoms with Crippen molar-refractivity contribution in [3.8, 4) is 0 Å². The summed E-state index contributed by atoms with van der Waals surface area (Å²) in [7, 11) is 0. The number of nitrogens with zero attached hydrogens (tertiary/aromatic N) is 2. The standard InChI is InChI=1S/C25H30ClN5O2/c1-16-14-17(7-9-19(16)25(33)31-12-4-5-13-31)24(32)30-21(6-2-3-11-27)23-28-20-10-8-18(26)15-22(20)29-23/h7-10,14-15,21H,2-6,11-13,27H2,1H3,(H,28,29)(H,30,32). The predicted molar refractivity (Wildman–Crippen MR) is 131 cm³/mol. The zero-order chi connectivity index (χ0) is 23.4. The topological polar surface area (TPSA) is 104 Å². The van der Waals surface area contributed by atoms with E-state index in [1.165, 1.54) is 0 Å². The largest absolute Gasteiger partial charge is 0.342 e. The highest BCUT2D eigenvalue weighted by molar-refractivity contribution is 6.31. The van der Waals surface area contributed by atoms with Gasteiger partial charge in [0.1, 0.15) is 5.82 Å². The predicted octanol–water partition coefficient (Wildman–Crippen LogP) is 4.36. The average Bonchev–Trinajstić information content (AvgIpc) is 3.48. The second-order valence-electron chi connectivity index (χ2n) is 8.62. The molecule has 33 heavy (non-hydrogen) atoms. The second kappa shape index (κ2) is 10.4. The lowest BCUT2D eigenvalue weighted by Gasteiger charge is -2.19. The Morgan fingerprint density at radius 2 is 1.97 bits per heavy atom. The molecule has 0 radical (unpaired) electrons. The van der Waals surface area contributed by atoms with Gasteiger partial charge in [0.15, 0.2) is 0 Å². The third kappa shape index (κ3) is 5.37. The number of aryl methyl sites for hydroxylation is 1. The minimum absolute atomic E-state index is 0.0394. The van der Waals surface area contributed by atoms with Crippen LogP contribution in [-0.4, -0.2) is 46.3 Å². The lowest BCUT2D eigenvalue weighted by molar-refractivity contribution is 0.0791. The molecule has 0 aliphatic carbocycles. The average molecular weight is 468 g/mol. The summed E-state index contributed by atoms with van der Waals surface area (Å²) in [6.45, 7) is 4.07. The molecule has 4 N–H and O–H groups in total. The van der Waals surface area contributed by atoms with Crippen molar-refractivity contribution in [2.75, 3.05) is 19.6 Å². The molecule has 0 bridgehead atoms. The Bertz CT molecular complexity index is 1150. The normalized spacial score (nSPS) is 14.6. The number of nitrogens with one attached hydrogen (secondary N) is 2. The van der Waals surface area contributed by atoms with Gasteiger partial charge in [-0.05, 0) is 87.5 Å². The molecule has 4 rings (SSSR count). The number of hydrogen-bond donors (Lipinski definition) is 3. The molecule has 8 heteroatoms. The third-order valence-corrected chi connectivity index (χ3v) is 6.39. The Hall–Kier alpha value is -2.90. The number of imidazole rings is 1. The Morgan fingerprint density at radius 1 is 1.18 bits per heavy atom. The number of carbonyl (C=O) groups is 2. The molecule has 2 amide bonds. The van der Waals surface area contributed by atoms with Crippen LogP contribution in [0.4, 0.5) is 0 Å². The lowest BCUT2D eigenvalue weighted by Crippen LogP contribution is -2.30. The maximum absolute atomic E-state index is 13.1. The van der Waals surface area contributed by atoms with Crippen LogP contribution in [0.2, 0.25) is 5.02 Å². The highest BCUT2D eigenvalue weighted by Crippen LogP contribution is 2.24. The Labute approximate surface area is 198 Å². The number of halogens is 1. The first-order valence-electron chi connectivity index (χ1n) is 11.5. The van der Waals surface area contributed by atoms with Crippen LogP contribution in [0.3, 0.4) is 0 Å². The van der Waals surface area contributed by atoms with Gasteiger partial charge in [-0.1, -0.05) is 11.6 Å². The molecule has 2 aromatic carbocycles. The molecular formula is C25H30ClN5O2. The quantitative estimate of drug-likeness (QED) is 0.428. The summed E-state index contributed by atoms with van der Waals surface area (Å²) >= 11 is 6.11. The van der Waals surface area contributed by atoms with E-state index in [1.54, 1.807) is 24.3 Å². The summed E-state index contributed by atoms with van der Waals surface area (Å²) in [5.41, 5.74) is 9.28. The van der Waals surface area contributed by atoms with Crippen LogP contribution in [0.25, 0.3) is 11.0 Å². The Balaban J connectivity index is 1.53. The van der Waals surface area contributed by atoms with Crippen LogP contribution in [0.5, 0.6) is 0 Å². The fourth-order valence-corrected chi connectivity index (χ4v) is 4.49. The van der Waals surface area contributed by atoms with Gasteiger partial charge in [0.05, 0.1) is 17.1 Å². The first-order chi connectivity index (χ1) is 16.0. The Kier molecular flexibility index (Phi) is 7.30. The van der Waals surface area contributed by atoms with Crippen molar-refractivity contribution in [3.63, 3.8) is 0 Å². The van der Waals surface area contributed by atoms with E-state index in [-0.39, 0.29) is 17.9 Å². The third-order valence-electron chi connectivity index (χ3n) is 6.16. The number of benzene rings is 2. The van der Waals surface area contributed by atoms with Gasteiger partial charge in [-0.25, -0.2) is 4.98 Å². The summed E-state index contributed by atoms with van der Waals surface area (Å²) < 4.78 is 0. The molecule has 1 aliphatic rings. The fraction of sp³-hybridized carbons (Fsp3) is 0.400. The van der Waals surface area contributed by atoms with Gasteiger partial charge in [-0.3, -0.25) is 9.59 Å². The van der Waals surface area contributed by atoms with E-state index < -0.39 is 0 Å². The maximum atomic E-state index is 13.1. The molecule has 2 heterocycles. The van der Waals surface area contributed by atoms with Crippen molar-refractivity contribution < 1.29 is 9.59 Å². The number of carbonyl (C=O) groups excluding carboxylic acids is 2. The van der Waals surface area contributed by atoms with Crippen LogP contribution < -0.4 is 11.1 Å².